The van der Waals surface area contributed by atoms with Gasteiger partial charge in [0, 0.05) is 35.4 Å². The second-order valence-corrected chi connectivity index (χ2v) is 13.1. The Kier molecular flexibility index (Phi) is 9.33. The van der Waals surface area contributed by atoms with Crippen LogP contribution in [0.3, 0.4) is 0 Å². The van der Waals surface area contributed by atoms with Gasteiger partial charge in [-0.25, -0.2) is 17.8 Å². The molecule has 1 aromatic heterocycles. The molecule has 1 fully saturated rings. The third-order valence-electron chi connectivity index (χ3n) is 8.20. The Hall–Kier alpha value is -4.91. The van der Waals surface area contributed by atoms with Gasteiger partial charge in [-0.1, -0.05) is 25.1 Å². The van der Waals surface area contributed by atoms with Crippen LogP contribution in [0.1, 0.15) is 43.5 Å². The lowest BCUT2D eigenvalue weighted by Crippen LogP contribution is -2.40. The topological polar surface area (TPSA) is 161 Å². The number of carbonyl (C=O) groups is 2. The summed E-state index contributed by atoms with van der Waals surface area (Å²) in [5, 5.41) is 14.7. The zero-order chi connectivity index (χ0) is 33.2. The Morgan fingerprint density at radius 3 is 2.59 bits per heavy atom. The van der Waals surface area contributed by atoms with Gasteiger partial charge in [0.05, 0.1) is 36.3 Å². The van der Waals surface area contributed by atoms with Gasteiger partial charge >= 0.3 is 5.97 Å². The van der Waals surface area contributed by atoms with Crippen molar-refractivity contribution in [2.45, 2.75) is 37.2 Å². The zero-order valence-electron chi connectivity index (χ0n) is 25.6. The third-order valence-corrected chi connectivity index (χ3v) is 10.00. The Bertz CT molecular complexity index is 1900. The van der Waals surface area contributed by atoms with E-state index in [1.165, 1.54) is 37.1 Å². The molecule has 0 aliphatic carbocycles. The van der Waals surface area contributed by atoms with Crippen LogP contribution >= 0.6 is 0 Å². The van der Waals surface area contributed by atoms with Gasteiger partial charge in [-0.05, 0) is 60.7 Å². The quantitative estimate of drug-likeness (QED) is 0.202. The number of pyridine rings is 1. The minimum Gasteiger partial charge on any atom is -0.493 e. The van der Waals surface area contributed by atoms with E-state index in [0.717, 1.165) is 11.5 Å². The van der Waals surface area contributed by atoms with Gasteiger partial charge in [0.1, 0.15) is 17.7 Å². The number of carboxylic acids is 1. The molecule has 3 atom stereocenters. The van der Waals surface area contributed by atoms with Gasteiger partial charge in [0.15, 0.2) is 21.3 Å². The molecule has 1 saturated heterocycles. The Morgan fingerprint density at radius 2 is 1.89 bits per heavy atom. The van der Waals surface area contributed by atoms with Crippen LogP contribution in [0.15, 0.2) is 71.8 Å². The number of sulfone groups is 1. The van der Waals surface area contributed by atoms with Crippen LogP contribution in [0.2, 0.25) is 0 Å². The van der Waals surface area contributed by atoms with E-state index in [9.17, 15) is 23.1 Å². The number of nitrogens with zero attached hydrogens (tertiary/aromatic N) is 2. The van der Waals surface area contributed by atoms with Crippen LogP contribution in [0.4, 0.5) is 15.9 Å². The third kappa shape index (κ3) is 6.14. The summed E-state index contributed by atoms with van der Waals surface area (Å²) >= 11 is 0. The molecule has 4 N–H and O–H groups in total. The Balaban J connectivity index is 1.66. The maximum absolute atomic E-state index is 15.9. The molecular weight excluding hydrogens is 615 g/mol. The maximum atomic E-state index is 15.9. The molecule has 2 heterocycles. The molecule has 0 spiro atoms. The van der Waals surface area contributed by atoms with E-state index in [2.05, 4.69) is 10.3 Å². The van der Waals surface area contributed by atoms with E-state index in [1.54, 1.807) is 49.5 Å². The van der Waals surface area contributed by atoms with Crippen molar-refractivity contribution in [3.05, 3.63) is 83.8 Å². The van der Waals surface area contributed by atoms with Crippen molar-refractivity contribution in [3.8, 4) is 11.5 Å². The molecule has 0 saturated carbocycles. The summed E-state index contributed by atoms with van der Waals surface area (Å²) in [6.07, 6.45) is 1.61. The number of aliphatic carboxylic acids is 1. The molecule has 46 heavy (non-hydrogen) atoms. The van der Waals surface area contributed by atoms with Crippen molar-refractivity contribution in [3.63, 3.8) is 0 Å². The molecule has 3 aromatic carbocycles. The fraction of sp³-hybridized carbons (Fsp3) is 0.303. The van der Waals surface area contributed by atoms with Crippen molar-refractivity contribution in [2.75, 3.05) is 37.1 Å². The molecule has 0 unspecified atom stereocenters. The van der Waals surface area contributed by atoms with E-state index in [-0.39, 0.29) is 52.8 Å². The second kappa shape index (κ2) is 13.2. The van der Waals surface area contributed by atoms with E-state index >= 15 is 4.39 Å². The van der Waals surface area contributed by atoms with E-state index < -0.39 is 45.5 Å². The predicted molar refractivity (Wildman–Crippen MR) is 171 cm³/mol. The zero-order valence-corrected chi connectivity index (χ0v) is 26.4. The number of rotatable bonds is 11. The summed E-state index contributed by atoms with van der Waals surface area (Å²) < 4.78 is 53.1. The number of hydrogen-bond acceptors (Lipinski definition) is 9. The highest BCUT2D eigenvalue weighted by molar-refractivity contribution is 7.91. The minimum atomic E-state index is -3.79. The summed E-state index contributed by atoms with van der Waals surface area (Å²) in [5.41, 5.74) is 6.59. The highest BCUT2D eigenvalue weighted by Gasteiger charge is 2.46. The van der Waals surface area contributed by atoms with Crippen LogP contribution < -0.4 is 20.5 Å². The first-order chi connectivity index (χ1) is 22.0. The standard InChI is InChI=1S/C33H35FN4O7S/c1-4-45-27-17-24(25(34)18-26(27)44-3)29(37-20-10-11-21-19(16-20)12-14-36-31(21)35)32(39)38-15-13-23(33(40)41)30(38)22-8-6-7-9-28(22)46(42,43)5-2/h6-12,14,16-18,23,29-30,37H,4-5,13,15H2,1-3H3,(H2,35,36)(H,40,41)/t23-,29-,30-/m0/s1. The van der Waals surface area contributed by atoms with E-state index in [4.69, 9.17) is 15.2 Å². The monoisotopic (exact) mass is 650 g/mol. The number of methoxy groups -OCH3 is 1. The van der Waals surface area contributed by atoms with Gasteiger partial charge in [-0.15, -0.1) is 0 Å². The lowest BCUT2D eigenvalue weighted by atomic mass is 9.93. The average molecular weight is 651 g/mol. The summed E-state index contributed by atoms with van der Waals surface area (Å²) in [4.78, 5) is 32.6. The number of fused-ring (bicyclic) bond motifs is 1. The van der Waals surface area contributed by atoms with Crippen molar-refractivity contribution < 1.29 is 37.0 Å². The van der Waals surface area contributed by atoms with Crippen molar-refractivity contribution in [1.29, 1.82) is 0 Å². The van der Waals surface area contributed by atoms with E-state index in [0.29, 0.717) is 16.9 Å². The number of anilines is 2. The first-order valence-electron chi connectivity index (χ1n) is 14.8. The predicted octanol–water partition coefficient (Wildman–Crippen LogP) is 4.98. The largest absolute Gasteiger partial charge is 0.493 e. The number of benzene rings is 3. The number of nitrogens with one attached hydrogen (secondary N) is 1. The average Bonchev–Trinajstić information content (AvgIpc) is 3.50. The number of carboxylic acid groups (broad SMARTS) is 1. The van der Waals surface area contributed by atoms with E-state index in [1.807, 2.05) is 0 Å². The highest BCUT2D eigenvalue weighted by atomic mass is 32.2. The number of ether oxygens (including phenoxy) is 2. The maximum Gasteiger partial charge on any atom is 0.309 e. The number of nitrogen functional groups attached to an aromatic ring is 1. The first-order valence-corrected chi connectivity index (χ1v) is 16.4. The van der Waals surface area contributed by atoms with Crippen LogP contribution in [0, 0.1) is 11.7 Å². The van der Waals surface area contributed by atoms with Gasteiger partial charge < -0.3 is 30.5 Å². The SMILES string of the molecule is CCOc1cc([C@H](Nc2ccc3c(N)nccc3c2)C(=O)N2CC[C@H](C(=O)O)[C@@H]2c2ccccc2S(=O)(=O)CC)c(F)cc1OC. The molecule has 1 amide bonds. The van der Waals surface area contributed by atoms with Gasteiger partial charge in [-0.3, -0.25) is 9.59 Å². The summed E-state index contributed by atoms with van der Waals surface area (Å²) in [7, 11) is -2.42. The molecule has 13 heteroatoms. The molecule has 5 rings (SSSR count). The smallest absolute Gasteiger partial charge is 0.309 e. The molecule has 242 valence electrons. The molecule has 0 radical (unpaired) electrons. The number of likely N-dealkylation sites (tertiary alicyclic amines) is 1. The normalized spacial score (nSPS) is 17.1. The Labute approximate surface area is 266 Å². The van der Waals surface area contributed by atoms with Crippen LogP contribution in [-0.2, 0) is 19.4 Å². The molecular formula is C33H35FN4O7S. The number of amides is 1. The van der Waals surface area contributed by atoms with Gasteiger partial charge in [0.25, 0.3) is 0 Å². The van der Waals surface area contributed by atoms with Crippen molar-refractivity contribution in [1.82, 2.24) is 9.88 Å². The minimum absolute atomic E-state index is 0.00479. The number of hydrogen-bond donors (Lipinski definition) is 3. The van der Waals surface area contributed by atoms with Crippen molar-refractivity contribution >= 4 is 44.0 Å². The number of aromatic nitrogens is 1. The number of nitrogens with two attached hydrogens (primary N) is 1. The molecule has 1 aliphatic heterocycles. The molecule has 1 aliphatic rings. The lowest BCUT2D eigenvalue weighted by molar-refractivity contribution is -0.143. The van der Waals surface area contributed by atoms with Crippen LogP contribution in [-0.4, -0.2) is 61.3 Å². The second-order valence-electron chi connectivity index (χ2n) is 10.8. The number of carbonyl (C=O) groups excluding carboxylic acids is 1. The summed E-state index contributed by atoms with van der Waals surface area (Å²) in [5.74, 6) is -3.26. The fourth-order valence-corrected chi connectivity index (χ4v) is 7.09. The van der Waals surface area contributed by atoms with Gasteiger partial charge in [-0.2, -0.15) is 0 Å². The summed E-state index contributed by atoms with van der Waals surface area (Å²) in [6.45, 7) is 3.48. The molecule has 11 nitrogen and oxygen atoms in total. The fourth-order valence-electron chi connectivity index (χ4n) is 5.94. The van der Waals surface area contributed by atoms with Crippen molar-refractivity contribution in [2.24, 2.45) is 5.92 Å². The Morgan fingerprint density at radius 1 is 1.13 bits per heavy atom. The van der Waals surface area contributed by atoms with Gasteiger partial charge in [0.2, 0.25) is 5.91 Å². The highest BCUT2D eigenvalue weighted by Crippen LogP contribution is 2.43. The van der Waals surface area contributed by atoms with Crippen LogP contribution in [0.5, 0.6) is 11.5 Å². The summed E-state index contributed by atoms with van der Waals surface area (Å²) in [6, 6.07) is 13.0. The lowest BCUT2D eigenvalue weighted by Gasteiger charge is -2.32. The number of halogens is 1. The molecule has 0 bridgehead atoms. The first kappa shape index (κ1) is 32.5. The van der Waals surface area contributed by atoms with Crippen LogP contribution in [0.25, 0.3) is 10.8 Å². The molecule has 4 aromatic rings.